The molecule has 2 rings (SSSR count). The molecule has 1 aromatic rings. The number of rotatable bonds is 1. The molecule has 1 aliphatic rings. The van der Waals surface area contributed by atoms with Gasteiger partial charge in [0.1, 0.15) is 0 Å². The van der Waals surface area contributed by atoms with Crippen molar-refractivity contribution in [1.82, 2.24) is 0 Å². The summed E-state index contributed by atoms with van der Waals surface area (Å²) in [7, 11) is 7.76. The van der Waals surface area contributed by atoms with Crippen molar-refractivity contribution in [3.63, 3.8) is 0 Å². The standard InChI is InChI=1S/C12H9N3.2C2H6OS.2ClH.2Pd/c13-10-6-8-12(9-7-10)15-14-11-4-2-1-3-5-11;2*1-4(2)3;;;;/h1-8,13H;2*1-2H3;2*1H;;/q-2;;;;;2*+2/p-2/b13-10?,15-12-;;;;;;. The number of hydrogen-bond acceptors (Lipinski definition) is 5. The van der Waals surface area contributed by atoms with Gasteiger partial charge in [-0.1, -0.05) is 5.71 Å². The first kappa shape index (κ1) is 31.7. The van der Waals surface area contributed by atoms with E-state index in [1.807, 2.05) is 30.3 Å². The van der Waals surface area contributed by atoms with Crippen LogP contribution in [0.3, 0.4) is 0 Å². The van der Waals surface area contributed by atoms with Crippen molar-refractivity contribution in [2.24, 2.45) is 10.2 Å². The van der Waals surface area contributed by atoms with Gasteiger partial charge < -0.3 is 5.41 Å². The molecule has 1 N–H and O–H groups in total. The number of hydrogen-bond donors (Lipinski definition) is 1. The Bertz CT molecular complexity index is 666. The zero-order valence-corrected chi connectivity index (χ0v) is 21.3. The molecule has 0 atom stereocenters. The molecule has 0 unspecified atom stereocenters. The number of benzene rings is 1. The Morgan fingerprint density at radius 1 is 1.00 bits per heavy atom. The van der Waals surface area contributed by atoms with E-state index in [0.717, 1.165) is 5.36 Å². The summed E-state index contributed by atoms with van der Waals surface area (Å²) in [5.41, 5.74) is 1.06. The Labute approximate surface area is 196 Å². The second-order valence-corrected chi connectivity index (χ2v) is 7.45. The van der Waals surface area contributed by atoms with Crippen LogP contribution in [-0.2, 0) is 58.0 Å². The van der Waals surface area contributed by atoms with Crippen molar-refractivity contribution in [3.8, 4) is 0 Å². The van der Waals surface area contributed by atoms with Crippen LogP contribution in [0.2, 0.25) is 0 Å². The van der Waals surface area contributed by atoms with E-state index in [9.17, 15) is 8.42 Å². The van der Waals surface area contributed by atoms with Crippen molar-refractivity contribution in [3.05, 3.63) is 60.0 Å². The molecule has 0 bridgehead atoms. The van der Waals surface area contributed by atoms with Gasteiger partial charge in [0.2, 0.25) is 0 Å². The first-order chi connectivity index (χ1) is 12.8. The van der Waals surface area contributed by atoms with Crippen LogP contribution < -0.4 is 5.36 Å². The molecule has 0 amide bonds. The van der Waals surface area contributed by atoms with E-state index in [-0.39, 0.29) is 0 Å². The molecule has 5 nitrogen and oxygen atoms in total. The first-order valence-electron chi connectivity index (χ1n) is 6.75. The van der Waals surface area contributed by atoms with Crippen LogP contribution >= 0.6 is 19.1 Å². The van der Waals surface area contributed by atoms with Gasteiger partial charge in [0.05, 0.1) is 0 Å². The first-order valence-corrected chi connectivity index (χ1v) is 14.7. The van der Waals surface area contributed by atoms with E-state index in [4.69, 9.17) is 5.41 Å². The minimum absolute atomic E-state index is 0.425. The van der Waals surface area contributed by atoms with Gasteiger partial charge in [-0.05, 0) is 11.1 Å². The van der Waals surface area contributed by atoms with Gasteiger partial charge in [-0.2, -0.15) is 40.6 Å². The van der Waals surface area contributed by atoms with Crippen molar-refractivity contribution in [2.75, 3.05) is 25.0 Å². The van der Waals surface area contributed by atoms with Crippen LogP contribution in [-0.4, -0.2) is 44.9 Å². The molecule has 11 heteroatoms. The Kier molecular flexibility index (Phi) is 28.3. The van der Waals surface area contributed by atoms with Crippen LogP contribution in [0.1, 0.15) is 0 Å². The summed E-state index contributed by atoms with van der Waals surface area (Å²) in [6.45, 7) is 0. The fraction of sp³-hybridized carbons (Fsp3) is 0.250. The molecule has 0 aliphatic heterocycles. The quantitative estimate of drug-likeness (QED) is 0.223. The summed E-state index contributed by atoms with van der Waals surface area (Å²) in [6, 6.07) is 9.50. The van der Waals surface area contributed by atoms with E-state index < -0.39 is 21.6 Å². The van der Waals surface area contributed by atoms with Gasteiger partial charge in [0.25, 0.3) is 0 Å². The van der Waals surface area contributed by atoms with Crippen molar-refractivity contribution in [1.29, 1.82) is 5.41 Å². The monoisotopic (exact) mass is 633 g/mol. The second-order valence-electron chi connectivity index (χ2n) is 4.48. The summed E-state index contributed by atoms with van der Waals surface area (Å²) >= 11 is 4.44. The predicted molar refractivity (Wildman–Crippen MR) is 111 cm³/mol. The summed E-state index contributed by atoms with van der Waals surface area (Å²) in [6.07, 6.45) is 14.4. The van der Waals surface area contributed by atoms with E-state index in [2.05, 4.69) is 71.7 Å². The van der Waals surface area contributed by atoms with Gasteiger partial charge >= 0.3 is 55.4 Å². The summed E-state index contributed by atoms with van der Waals surface area (Å²) < 4.78 is 19.1. The predicted octanol–water partition coefficient (Wildman–Crippen LogP) is 2.97. The van der Waals surface area contributed by atoms with Gasteiger partial charge in [0, 0.05) is 46.6 Å². The number of nitrogens with zero attached hydrogens (tertiary/aromatic N) is 2. The number of halogens is 2. The van der Waals surface area contributed by atoms with Crippen LogP contribution in [0.4, 0.5) is 0 Å². The van der Waals surface area contributed by atoms with E-state index in [1.165, 1.54) is 0 Å². The molecule has 0 saturated carbocycles. The topological polar surface area (TPSA) is 82.7 Å². The average molecular weight is 635 g/mol. The third-order valence-corrected chi connectivity index (χ3v) is 1.83. The summed E-state index contributed by atoms with van der Waals surface area (Å²) in [5, 5.41) is 16.1. The molecular formula is C16H21Cl2N3O2Pd2S2. The normalized spacial score (nSPS) is 12.6. The average Bonchev–Trinajstić information content (AvgIpc) is 2.65. The third-order valence-electron chi connectivity index (χ3n) is 1.83. The van der Waals surface area contributed by atoms with E-state index in [1.54, 1.807) is 43.3 Å². The zero-order chi connectivity index (χ0) is 21.7. The maximum absolute atomic E-state index is 9.56. The van der Waals surface area contributed by atoms with Gasteiger partial charge in [-0.15, -0.1) is 24.3 Å². The van der Waals surface area contributed by atoms with Crippen molar-refractivity contribution < 1.29 is 44.8 Å². The molecule has 0 spiro atoms. The molecule has 27 heavy (non-hydrogen) atoms. The third kappa shape index (κ3) is 28.4. The molecule has 0 fully saturated rings. The SMILES string of the molecule is CS(C)=O.CS(C)=O.N=C1C=[C-]/C(=N\N=c2cccc[cH-]2)C=C1.[Cl][Pd+].[Cl][Pd+]. The van der Waals surface area contributed by atoms with Crippen LogP contribution in [0, 0.1) is 11.5 Å². The Balaban J connectivity index is -0.000000402. The fourth-order valence-electron chi connectivity index (χ4n) is 1.09. The molecule has 0 radical (unpaired) electrons. The van der Waals surface area contributed by atoms with E-state index >= 15 is 0 Å². The summed E-state index contributed by atoms with van der Waals surface area (Å²) in [4.78, 5) is 0. The molecule has 0 saturated heterocycles. The van der Waals surface area contributed by atoms with Crippen LogP contribution in [0.25, 0.3) is 0 Å². The molecular weight excluding hydrogens is 614 g/mol. The van der Waals surface area contributed by atoms with Crippen molar-refractivity contribution >= 4 is 52.1 Å². The molecule has 158 valence electrons. The van der Waals surface area contributed by atoms with E-state index in [0.29, 0.717) is 11.4 Å². The zero-order valence-electron chi connectivity index (χ0n) is 15.0. The molecule has 1 aromatic carbocycles. The number of nitrogens with one attached hydrogen (secondary N) is 1. The van der Waals surface area contributed by atoms with Gasteiger partial charge in [-0.25, -0.2) is 0 Å². The van der Waals surface area contributed by atoms with Crippen molar-refractivity contribution in [2.45, 2.75) is 0 Å². The Morgan fingerprint density at radius 2 is 1.52 bits per heavy atom. The van der Waals surface area contributed by atoms with Crippen LogP contribution in [0.15, 0.2) is 58.8 Å². The fourth-order valence-corrected chi connectivity index (χ4v) is 1.09. The van der Waals surface area contributed by atoms with Gasteiger partial charge in [-0.3, -0.25) is 8.42 Å². The second kappa shape index (κ2) is 24.1. The molecule has 0 aromatic heterocycles. The molecule has 0 heterocycles. The maximum atomic E-state index is 9.56. The summed E-state index contributed by atoms with van der Waals surface area (Å²) in [5.74, 6) is 0. The minimum atomic E-state index is -0.611. The van der Waals surface area contributed by atoms with Gasteiger partial charge in [0.15, 0.2) is 0 Å². The van der Waals surface area contributed by atoms with Crippen LogP contribution in [0.5, 0.6) is 0 Å². The molecule has 1 aliphatic carbocycles. The number of allylic oxidation sites excluding steroid dienone is 4. The Morgan fingerprint density at radius 3 is 1.89 bits per heavy atom. The Hall–Kier alpha value is 0.0447.